The summed E-state index contributed by atoms with van der Waals surface area (Å²) in [5.74, 6) is -0.216. The van der Waals surface area contributed by atoms with E-state index in [2.05, 4.69) is 20.3 Å². The van der Waals surface area contributed by atoms with Crippen molar-refractivity contribution in [1.82, 2.24) is 15.0 Å². The molecule has 0 radical (unpaired) electrons. The lowest BCUT2D eigenvalue weighted by atomic mass is 10.00. The number of fused-ring (bicyclic) bond motifs is 1. The van der Waals surface area contributed by atoms with Crippen LogP contribution in [0.4, 0.5) is 10.2 Å². The van der Waals surface area contributed by atoms with Crippen LogP contribution >= 0.6 is 0 Å². The largest absolute Gasteiger partial charge is 0.481 e. The second-order valence-corrected chi connectivity index (χ2v) is 7.88. The molecule has 0 unspecified atom stereocenters. The first-order chi connectivity index (χ1) is 14.9. The summed E-state index contributed by atoms with van der Waals surface area (Å²) in [5, 5.41) is 13.6. The van der Waals surface area contributed by atoms with Gasteiger partial charge in [0.2, 0.25) is 11.8 Å². The van der Waals surface area contributed by atoms with Crippen LogP contribution in [0.15, 0.2) is 30.6 Å². The third-order valence-corrected chi connectivity index (χ3v) is 5.48. The summed E-state index contributed by atoms with van der Waals surface area (Å²) in [5.41, 5.74) is 3.79. The van der Waals surface area contributed by atoms with Crippen molar-refractivity contribution in [1.29, 1.82) is 0 Å². The van der Waals surface area contributed by atoms with Gasteiger partial charge < -0.3 is 15.2 Å². The molecule has 8 heteroatoms. The molecule has 0 aromatic carbocycles. The van der Waals surface area contributed by atoms with E-state index in [1.54, 1.807) is 18.5 Å². The molecule has 0 spiro atoms. The van der Waals surface area contributed by atoms with Gasteiger partial charge in [0.25, 0.3) is 0 Å². The van der Waals surface area contributed by atoms with Gasteiger partial charge in [0.1, 0.15) is 12.0 Å². The summed E-state index contributed by atoms with van der Waals surface area (Å²) in [6, 6.07) is 5.43. The van der Waals surface area contributed by atoms with E-state index < -0.39 is 18.2 Å². The van der Waals surface area contributed by atoms with Gasteiger partial charge in [-0.2, -0.15) is 0 Å². The number of carbonyl (C=O) groups excluding carboxylic acids is 1. The van der Waals surface area contributed by atoms with Crippen molar-refractivity contribution in [2.24, 2.45) is 5.92 Å². The highest BCUT2D eigenvalue weighted by Crippen LogP contribution is 2.36. The van der Waals surface area contributed by atoms with Crippen molar-refractivity contribution in [2.45, 2.75) is 45.4 Å². The fraction of sp³-hybridized carbons (Fsp3) is 0.391. The van der Waals surface area contributed by atoms with Crippen molar-refractivity contribution < 1.29 is 19.0 Å². The summed E-state index contributed by atoms with van der Waals surface area (Å²) in [7, 11) is 1.54. The third kappa shape index (κ3) is 4.34. The molecule has 31 heavy (non-hydrogen) atoms. The maximum absolute atomic E-state index is 13.1. The van der Waals surface area contributed by atoms with Crippen molar-refractivity contribution in [3.63, 3.8) is 0 Å². The number of amides is 1. The van der Waals surface area contributed by atoms with Gasteiger partial charge in [0, 0.05) is 35.0 Å². The van der Waals surface area contributed by atoms with Gasteiger partial charge in [-0.1, -0.05) is 13.3 Å². The zero-order chi connectivity index (χ0) is 22.1. The number of carbonyl (C=O) groups is 1. The van der Waals surface area contributed by atoms with Crippen molar-refractivity contribution in [2.75, 3.05) is 12.4 Å². The Kier molecular flexibility index (Phi) is 5.82. The Morgan fingerprint density at radius 3 is 2.71 bits per heavy atom. The highest BCUT2D eigenvalue weighted by molar-refractivity contribution is 5.96. The van der Waals surface area contributed by atoms with E-state index in [4.69, 9.17) is 4.74 Å². The number of nitrogens with zero attached hydrogens (tertiary/aromatic N) is 3. The number of alkyl halides is 1. The molecule has 3 heterocycles. The number of rotatable bonds is 7. The van der Waals surface area contributed by atoms with Gasteiger partial charge in [-0.3, -0.25) is 9.78 Å². The first-order valence-electron chi connectivity index (χ1n) is 10.4. The van der Waals surface area contributed by atoms with E-state index in [0.717, 1.165) is 28.5 Å². The number of pyridine rings is 3. The van der Waals surface area contributed by atoms with Crippen LogP contribution in [0.1, 0.15) is 43.5 Å². The Balaban J connectivity index is 1.67. The monoisotopic (exact) mass is 424 g/mol. The Morgan fingerprint density at radius 1 is 1.29 bits per heavy atom. The van der Waals surface area contributed by atoms with Crippen molar-refractivity contribution in [3.05, 3.63) is 41.9 Å². The number of aliphatic hydroxyl groups excluding tert-OH is 1. The standard InChI is InChI=1S/C23H25FN4O3/c1-4-5-20(29)19-6-12(2)16(11-25-19)14-7-13-10-26-21(9-18(13)27-23(14)31-3)28-22(30)15-8-17(15)24/h6-7,9-11,15,17,20,29H,4-5,8H2,1-3H3,(H,26,28,30)/t15-,17+,20+/m1/s1. The zero-order valence-electron chi connectivity index (χ0n) is 17.7. The molecule has 3 aromatic rings. The van der Waals surface area contributed by atoms with Crippen LogP contribution in [-0.2, 0) is 4.79 Å². The third-order valence-electron chi connectivity index (χ3n) is 5.48. The number of hydrogen-bond donors (Lipinski definition) is 2. The summed E-state index contributed by atoms with van der Waals surface area (Å²) in [6.45, 7) is 3.97. The minimum absolute atomic E-state index is 0.260. The van der Waals surface area contributed by atoms with E-state index in [9.17, 15) is 14.3 Å². The molecule has 1 amide bonds. The van der Waals surface area contributed by atoms with Crippen molar-refractivity contribution >= 4 is 22.6 Å². The average molecular weight is 424 g/mol. The van der Waals surface area contributed by atoms with Gasteiger partial charge in [-0.15, -0.1) is 0 Å². The predicted octanol–water partition coefficient (Wildman–Crippen LogP) is 4.14. The van der Waals surface area contributed by atoms with E-state index in [-0.39, 0.29) is 12.3 Å². The molecule has 0 aliphatic heterocycles. The van der Waals surface area contributed by atoms with Gasteiger partial charge in [0.05, 0.1) is 30.3 Å². The Bertz CT molecular complexity index is 1140. The Labute approximate surface area is 179 Å². The molecule has 0 bridgehead atoms. The molecule has 0 saturated heterocycles. The van der Waals surface area contributed by atoms with Crippen LogP contribution in [0.25, 0.3) is 22.0 Å². The normalized spacial score (nSPS) is 18.6. The van der Waals surface area contributed by atoms with Crippen LogP contribution in [0.2, 0.25) is 0 Å². The fourth-order valence-electron chi connectivity index (χ4n) is 3.58. The lowest BCUT2D eigenvalue weighted by Gasteiger charge is -2.14. The number of ether oxygens (including phenoxy) is 1. The number of hydrogen-bond acceptors (Lipinski definition) is 6. The quantitative estimate of drug-likeness (QED) is 0.592. The molecule has 2 N–H and O–H groups in total. The van der Waals surface area contributed by atoms with Gasteiger partial charge in [-0.05, 0) is 37.5 Å². The molecule has 1 fully saturated rings. The average Bonchev–Trinajstić information content (AvgIpc) is 3.49. The number of halogens is 1. The second-order valence-electron chi connectivity index (χ2n) is 7.88. The Hall–Kier alpha value is -3.13. The number of nitrogens with one attached hydrogen (secondary N) is 1. The van der Waals surface area contributed by atoms with Crippen LogP contribution in [0, 0.1) is 12.8 Å². The number of anilines is 1. The SMILES string of the molecule is CCC[C@H](O)c1cc(C)c(-c2cc3cnc(NC(=O)[C@@H]4C[C@@H]4F)cc3nc2OC)cn1. The molecule has 1 saturated carbocycles. The van der Waals surface area contributed by atoms with Crippen LogP contribution in [0.5, 0.6) is 5.88 Å². The van der Waals surface area contributed by atoms with E-state index in [0.29, 0.717) is 29.3 Å². The first kappa shape index (κ1) is 21.1. The van der Waals surface area contributed by atoms with Crippen molar-refractivity contribution in [3.8, 4) is 17.0 Å². The van der Waals surface area contributed by atoms with E-state index in [1.165, 1.54) is 7.11 Å². The maximum Gasteiger partial charge on any atom is 0.231 e. The highest BCUT2D eigenvalue weighted by Gasteiger charge is 2.43. The molecule has 1 aliphatic carbocycles. The van der Waals surface area contributed by atoms with Crippen LogP contribution < -0.4 is 10.1 Å². The summed E-state index contributed by atoms with van der Waals surface area (Å²) >= 11 is 0. The minimum atomic E-state index is -1.06. The Morgan fingerprint density at radius 2 is 2.06 bits per heavy atom. The van der Waals surface area contributed by atoms with Crippen LogP contribution in [-0.4, -0.2) is 39.2 Å². The summed E-state index contributed by atoms with van der Waals surface area (Å²) < 4.78 is 18.6. The first-order valence-corrected chi connectivity index (χ1v) is 10.4. The smallest absolute Gasteiger partial charge is 0.231 e. The second kappa shape index (κ2) is 8.55. The predicted molar refractivity (Wildman–Crippen MR) is 116 cm³/mol. The molecular formula is C23H25FN4O3. The summed E-state index contributed by atoms with van der Waals surface area (Å²) in [4.78, 5) is 25.3. The number of methoxy groups -OCH3 is 1. The topological polar surface area (TPSA) is 97.2 Å². The van der Waals surface area contributed by atoms with Gasteiger partial charge in [0.15, 0.2) is 0 Å². The number of aryl methyl sites for hydroxylation is 1. The molecule has 3 aromatic heterocycles. The van der Waals surface area contributed by atoms with Crippen LogP contribution in [0.3, 0.4) is 0 Å². The van der Waals surface area contributed by atoms with E-state index >= 15 is 0 Å². The lowest BCUT2D eigenvalue weighted by Crippen LogP contribution is -2.15. The molecule has 1 aliphatic rings. The number of aliphatic hydroxyl groups is 1. The molecule has 4 rings (SSSR count). The zero-order valence-corrected chi connectivity index (χ0v) is 17.7. The fourth-order valence-corrected chi connectivity index (χ4v) is 3.58. The molecule has 3 atom stereocenters. The van der Waals surface area contributed by atoms with E-state index in [1.807, 2.05) is 26.0 Å². The van der Waals surface area contributed by atoms with Gasteiger partial charge >= 0.3 is 0 Å². The molecule has 7 nitrogen and oxygen atoms in total. The summed E-state index contributed by atoms with van der Waals surface area (Å²) in [6.07, 6.45) is 3.47. The molecular weight excluding hydrogens is 399 g/mol. The molecule has 162 valence electrons. The minimum Gasteiger partial charge on any atom is -0.481 e. The maximum atomic E-state index is 13.1. The lowest BCUT2D eigenvalue weighted by molar-refractivity contribution is -0.117. The van der Waals surface area contributed by atoms with Gasteiger partial charge in [-0.25, -0.2) is 14.4 Å². The number of aromatic nitrogens is 3. The highest BCUT2D eigenvalue weighted by atomic mass is 19.1.